The molecule has 148 valence electrons. The third kappa shape index (κ3) is 3.83. The van der Waals surface area contributed by atoms with Crippen LogP contribution in [0.15, 0.2) is 71.0 Å². The number of carbonyl (C=O) groups excluding carboxylic acids is 1. The van der Waals surface area contributed by atoms with Crippen molar-refractivity contribution in [3.05, 3.63) is 92.6 Å². The number of rotatable bonds is 6. The average molecular weight is 410 g/mol. The van der Waals surface area contributed by atoms with Gasteiger partial charge in [-0.1, -0.05) is 25.3 Å². The summed E-state index contributed by atoms with van der Waals surface area (Å²) < 4.78 is 11.8. The maximum Gasteiger partial charge on any atom is 0.348 e. The molecule has 3 aromatic rings. The lowest BCUT2D eigenvalue weighted by Gasteiger charge is -2.13. The Hall–Kier alpha value is -3.65. The molecule has 0 unspecified atom stereocenters. The third-order valence-corrected chi connectivity index (χ3v) is 5.13. The average Bonchev–Trinajstić information content (AvgIpc) is 3.13. The molecule has 0 radical (unpaired) electrons. The van der Waals surface area contributed by atoms with Gasteiger partial charge in [0, 0.05) is 6.07 Å². The van der Waals surface area contributed by atoms with Gasteiger partial charge in [-0.25, -0.2) is 4.79 Å². The zero-order valence-electron chi connectivity index (χ0n) is 15.9. The van der Waals surface area contributed by atoms with Gasteiger partial charge in [-0.2, -0.15) is 0 Å². The molecule has 0 amide bonds. The van der Waals surface area contributed by atoms with Gasteiger partial charge in [-0.15, -0.1) is 11.3 Å². The molecular weight excluding hydrogens is 392 g/mol. The van der Waals surface area contributed by atoms with Gasteiger partial charge >= 0.3 is 17.1 Å². The van der Waals surface area contributed by atoms with Gasteiger partial charge in [0.15, 0.2) is 0 Å². The van der Waals surface area contributed by atoms with Crippen molar-refractivity contribution in [3.63, 3.8) is 0 Å². The first kappa shape index (κ1) is 20.1. The van der Waals surface area contributed by atoms with E-state index in [1.807, 2.05) is 6.92 Å². The number of allylic oxidation sites excluding steroid dienone is 3. The van der Waals surface area contributed by atoms with Gasteiger partial charge in [0.1, 0.15) is 21.2 Å². The van der Waals surface area contributed by atoms with Crippen molar-refractivity contribution in [2.45, 2.75) is 6.92 Å². The Labute approximate surface area is 169 Å². The number of benzene rings is 1. The number of thiophene rings is 1. The molecule has 7 nitrogen and oxygen atoms in total. The Morgan fingerprint density at radius 1 is 1.24 bits per heavy atom. The number of aromatic nitrogens is 2. The molecule has 0 saturated carbocycles. The van der Waals surface area contributed by atoms with Crippen LogP contribution in [-0.4, -0.2) is 22.6 Å². The topological polar surface area (TPSA) is 90.4 Å². The molecule has 0 bridgehead atoms. The van der Waals surface area contributed by atoms with Crippen LogP contribution in [0, 0.1) is 6.92 Å². The van der Waals surface area contributed by atoms with E-state index in [9.17, 15) is 14.4 Å². The van der Waals surface area contributed by atoms with E-state index in [4.69, 9.17) is 9.47 Å². The van der Waals surface area contributed by atoms with Crippen LogP contribution in [0.2, 0.25) is 0 Å². The minimum Gasteiger partial charge on any atom is -0.465 e. The minimum absolute atomic E-state index is 0.268. The summed E-state index contributed by atoms with van der Waals surface area (Å²) in [6, 6.07) is 6.62. The smallest absolute Gasteiger partial charge is 0.348 e. The lowest BCUT2D eigenvalue weighted by atomic mass is 10.2. The Balaban J connectivity index is 2.24. The van der Waals surface area contributed by atoms with Crippen LogP contribution in [0.25, 0.3) is 16.0 Å². The highest BCUT2D eigenvalue weighted by Crippen LogP contribution is 2.28. The summed E-state index contributed by atoms with van der Waals surface area (Å²) in [6.07, 6.45) is 4.76. The zero-order chi connectivity index (χ0) is 21.1. The lowest BCUT2D eigenvalue weighted by molar-refractivity contribution is 0.0606. The molecule has 0 spiro atoms. The highest BCUT2D eigenvalue weighted by Gasteiger charge is 2.17. The van der Waals surface area contributed by atoms with Gasteiger partial charge in [0.2, 0.25) is 0 Å². The Bertz CT molecular complexity index is 1280. The first-order valence-electron chi connectivity index (χ1n) is 8.50. The predicted molar refractivity (Wildman–Crippen MR) is 113 cm³/mol. The summed E-state index contributed by atoms with van der Waals surface area (Å²) in [5.41, 5.74) is 0.0628. The van der Waals surface area contributed by atoms with E-state index in [2.05, 4.69) is 18.1 Å². The number of esters is 1. The molecule has 1 N–H and O–H groups in total. The van der Waals surface area contributed by atoms with Crippen molar-refractivity contribution in [1.29, 1.82) is 0 Å². The van der Waals surface area contributed by atoms with E-state index in [0.29, 0.717) is 27.5 Å². The number of methoxy groups -OCH3 is 1. The summed E-state index contributed by atoms with van der Waals surface area (Å²) in [5, 5.41) is 0. The second-order valence-corrected chi connectivity index (χ2v) is 7.02. The second-order valence-electron chi connectivity index (χ2n) is 5.97. The van der Waals surface area contributed by atoms with E-state index in [1.165, 1.54) is 23.8 Å². The van der Waals surface area contributed by atoms with Crippen LogP contribution in [-0.2, 0) is 4.74 Å². The Morgan fingerprint density at radius 2 is 2.00 bits per heavy atom. The molecule has 8 heteroatoms. The predicted octanol–water partition coefficient (Wildman–Crippen LogP) is 3.47. The van der Waals surface area contributed by atoms with Gasteiger partial charge in [-0.05, 0) is 36.8 Å². The van der Waals surface area contributed by atoms with Crippen molar-refractivity contribution in [2.24, 2.45) is 0 Å². The van der Waals surface area contributed by atoms with Crippen LogP contribution in [0.3, 0.4) is 0 Å². The molecule has 0 fully saturated rings. The number of ether oxygens (including phenoxy) is 2. The number of aromatic amines is 1. The van der Waals surface area contributed by atoms with E-state index >= 15 is 0 Å². The van der Waals surface area contributed by atoms with Gasteiger partial charge in [0.05, 0.1) is 18.3 Å². The number of hydrogen-bond acceptors (Lipinski definition) is 6. The van der Waals surface area contributed by atoms with E-state index in [-0.39, 0.29) is 4.88 Å². The number of fused-ring (bicyclic) bond motifs is 1. The molecule has 3 rings (SSSR count). The lowest BCUT2D eigenvalue weighted by Crippen LogP contribution is -2.35. The Morgan fingerprint density at radius 3 is 2.66 bits per heavy atom. The summed E-state index contributed by atoms with van der Waals surface area (Å²) in [7, 11) is 1.26. The normalized spacial score (nSPS) is 11.3. The van der Waals surface area contributed by atoms with Crippen molar-refractivity contribution >= 4 is 27.7 Å². The zero-order valence-corrected chi connectivity index (χ0v) is 16.7. The van der Waals surface area contributed by atoms with Crippen molar-refractivity contribution in [3.8, 4) is 11.4 Å². The summed E-state index contributed by atoms with van der Waals surface area (Å²) in [6.45, 7) is 9.18. The van der Waals surface area contributed by atoms with Crippen LogP contribution >= 0.6 is 11.3 Å². The number of nitrogens with zero attached hydrogens (tertiary/aromatic N) is 1. The monoisotopic (exact) mass is 410 g/mol. The molecular formula is C21H18N2O5S. The summed E-state index contributed by atoms with van der Waals surface area (Å²) >= 11 is 1.04. The number of carbonyl (C=O) groups is 1. The summed E-state index contributed by atoms with van der Waals surface area (Å²) in [5.74, 6) is 0.413. The molecule has 2 heterocycles. The largest absolute Gasteiger partial charge is 0.465 e. The number of nitrogens with one attached hydrogen (secondary N) is 1. The SMILES string of the molecule is C=C/C=C(\C=C)Oc1cc(-n2c(=O)c(=O)[nH]c3sc(C(=O)OC)cc32)ccc1C. The van der Waals surface area contributed by atoms with Crippen LogP contribution < -0.4 is 15.9 Å². The van der Waals surface area contributed by atoms with Crippen molar-refractivity contribution in [1.82, 2.24) is 9.55 Å². The Kier molecular flexibility index (Phi) is 5.65. The van der Waals surface area contributed by atoms with Crippen molar-refractivity contribution < 1.29 is 14.3 Å². The number of hydrogen-bond donors (Lipinski definition) is 1. The maximum absolute atomic E-state index is 12.6. The van der Waals surface area contributed by atoms with E-state index < -0.39 is 17.1 Å². The maximum atomic E-state index is 12.6. The van der Waals surface area contributed by atoms with E-state index in [0.717, 1.165) is 16.9 Å². The molecule has 0 aliphatic carbocycles. The highest BCUT2D eigenvalue weighted by molar-refractivity contribution is 7.20. The second kappa shape index (κ2) is 8.15. The third-order valence-electron chi connectivity index (χ3n) is 4.11. The van der Waals surface area contributed by atoms with E-state index in [1.54, 1.807) is 30.4 Å². The molecule has 0 aliphatic heterocycles. The first-order valence-corrected chi connectivity index (χ1v) is 9.32. The quantitative estimate of drug-likeness (QED) is 0.291. The fourth-order valence-electron chi connectivity index (χ4n) is 2.69. The first-order chi connectivity index (χ1) is 13.9. The molecule has 0 saturated heterocycles. The molecule has 0 atom stereocenters. The van der Waals surface area contributed by atoms with Gasteiger partial charge in [-0.3, -0.25) is 14.2 Å². The van der Waals surface area contributed by atoms with Crippen LogP contribution in [0.4, 0.5) is 0 Å². The fourth-order valence-corrected chi connectivity index (χ4v) is 3.64. The van der Waals surface area contributed by atoms with Gasteiger partial charge < -0.3 is 14.5 Å². The molecule has 0 aliphatic rings. The molecule has 29 heavy (non-hydrogen) atoms. The van der Waals surface area contributed by atoms with Crippen LogP contribution in [0.5, 0.6) is 5.75 Å². The highest BCUT2D eigenvalue weighted by atomic mass is 32.1. The molecule has 2 aromatic heterocycles. The standard InChI is InChI=1S/C21H18N2O5S/c1-5-7-14(6-2)28-16-10-13(9-8-12(16)3)23-15-11-17(21(26)27-4)29-19(15)22-18(24)20(23)25/h5-11H,1-2H2,3-4H3,(H,22,24)/b14-7+. The molecule has 1 aromatic carbocycles. The minimum atomic E-state index is -0.794. The fraction of sp³-hybridized carbons (Fsp3) is 0.0952. The van der Waals surface area contributed by atoms with Crippen molar-refractivity contribution in [2.75, 3.05) is 7.11 Å². The van der Waals surface area contributed by atoms with Gasteiger partial charge in [0.25, 0.3) is 0 Å². The van der Waals surface area contributed by atoms with Crippen LogP contribution in [0.1, 0.15) is 15.2 Å². The number of H-pyrrole nitrogens is 1. The summed E-state index contributed by atoms with van der Waals surface area (Å²) in [4.78, 5) is 39.9. The number of aryl methyl sites for hydroxylation is 1.